The van der Waals surface area contributed by atoms with Crippen molar-refractivity contribution in [1.29, 1.82) is 0 Å². The van der Waals surface area contributed by atoms with Crippen molar-refractivity contribution in [2.24, 2.45) is 10.7 Å². The molecule has 0 spiro atoms. The van der Waals surface area contributed by atoms with Crippen molar-refractivity contribution in [2.45, 2.75) is 76.4 Å². The molecule has 2 aliphatic rings. The number of methoxy groups -OCH3 is 2. The zero-order valence-electron chi connectivity index (χ0n) is 25.4. The van der Waals surface area contributed by atoms with Crippen LogP contribution in [-0.4, -0.2) is 75.7 Å². The van der Waals surface area contributed by atoms with Crippen molar-refractivity contribution < 1.29 is 33.3 Å². The number of amides is 1. The number of aliphatic imine (C=N–C) groups is 1. The molecule has 3 atom stereocenters. The number of hydrogen-bond donors (Lipinski definition) is 1. The van der Waals surface area contributed by atoms with E-state index < -0.39 is 47.0 Å². The van der Waals surface area contributed by atoms with Crippen LogP contribution in [0.15, 0.2) is 21.1 Å². The lowest BCUT2D eigenvalue weighted by Gasteiger charge is -2.36. The number of ether oxygens (including phenoxy) is 4. The lowest BCUT2D eigenvalue weighted by Crippen LogP contribution is -2.47. The minimum Gasteiger partial charge on any atom is -0.464 e. The van der Waals surface area contributed by atoms with Gasteiger partial charge in [-0.05, 0) is 47.5 Å². The van der Waals surface area contributed by atoms with E-state index in [4.69, 9.17) is 34.7 Å². The zero-order chi connectivity index (χ0) is 32.0. The molecule has 0 unspecified atom stereocenters. The second-order valence-electron chi connectivity index (χ2n) is 11.8. The first-order chi connectivity index (χ1) is 20.7. The number of esters is 2. The van der Waals surface area contributed by atoms with E-state index in [1.807, 2.05) is 40.0 Å². The first-order valence-corrected chi connectivity index (χ1v) is 16.4. The summed E-state index contributed by atoms with van der Waals surface area (Å²) in [6.07, 6.45) is 0.354. The van der Waals surface area contributed by atoms with Crippen molar-refractivity contribution in [1.82, 2.24) is 19.9 Å². The van der Waals surface area contributed by atoms with Gasteiger partial charge in [0.2, 0.25) is 0 Å². The second-order valence-corrected chi connectivity index (χ2v) is 14.4. The number of rotatable bonds is 6. The Bertz CT molecular complexity index is 1610. The van der Waals surface area contributed by atoms with Crippen LogP contribution in [0.2, 0.25) is 0 Å². The van der Waals surface area contributed by atoms with Gasteiger partial charge in [0.05, 0.1) is 37.8 Å². The van der Waals surface area contributed by atoms with Crippen molar-refractivity contribution >= 4 is 57.8 Å². The van der Waals surface area contributed by atoms with Gasteiger partial charge < -0.3 is 24.7 Å². The molecule has 16 heteroatoms. The van der Waals surface area contributed by atoms with Gasteiger partial charge in [0.25, 0.3) is 0 Å². The van der Waals surface area contributed by atoms with E-state index in [-0.39, 0.29) is 18.0 Å². The summed E-state index contributed by atoms with van der Waals surface area (Å²) < 4.78 is 21.4. The third-order valence-corrected chi connectivity index (χ3v) is 10.1. The molecule has 1 saturated heterocycles. The molecule has 5 heterocycles. The zero-order valence-corrected chi connectivity index (χ0v) is 27.9. The van der Waals surface area contributed by atoms with E-state index in [9.17, 15) is 14.4 Å². The van der Waals surface area contributed by atoms with E-state index >= 15 is 0 Å². The highest BCUT2D eigenvalue weighted by molar-refractivity contribution is 7.12. The number of carbonyl (C=O) groups is 3. The minimum absolute atomic E-state index is 0.158. The van der Waals surface area contributed by atoms with Crippen LogP contribution in [-0.2, 0) is 24.5 Å². The van der Waals surface area contributed by atoms with Gasteiger partial charge in [-0.1, -0.05) is 0 Å². The maximum atomic E-state index is 13.3. The lowest BCUT2D eigenvalue weighted by atomic mass is 9.82. The summed E-state index contributed by atoms with van der Waals surface area (Å²) in [5.74, 6) is -1.10. The monoisotopic (exact) mass is 662 g/mol. The van der Waals surface area contributed by atoms with Crippen LogP contribution in [0.3, 0.4) is 0 Å². The fourth-order valence-corrected chi connectivity index (χ4v) is 7.71. The average molecular weight is 663 g/mol. The van der Waals surface area contributed by atoms with Crippen molar-refractivity contribution in [3.8, 4) is 0 Å². The number of thiazole rings is 3. The third-order valence-electron chi connectivity index (χ3n) is 7.17. The summed E-state index contributed by atoms with van der Waals surface area (Å²) in [4.78, 5) is 58.1. The van der Waals surface area contributed by atoms with Crippen molar-refractivity contribution in [2.75, 3.05) is 20.8 Å². The van der Waals surface area contributed by atoms with Gasteiger partial charge in [-0.15, -0.1) is 34.0 Å². The van der Waals surface area contributed by atoms with Crippen LogP contribution in [0.25, 0.3) is 0 Å². The molecular formula is C28H34N6O7S3. The topological polar surface area (TPSA) is 168 Å². The first-order valence-electron chi connectivity index (χ1n) is 13.7. The molecule has 2 aliphatic heterocycles. The van der Waals surface area contributed by atoms with Crippen LogP contribution in [0.5, 0.6) is 0 Å². The quantitative estimate of drug-likeness (QED) is 0.283. The molecule has 2 N–H and O–H groups in total. The largest absolute Gasteiger partial charge is 0.464 e. The molecule has 3 aromatic rings. The van der Waals surface area contributed by atoms with Gasteiger partial charge >= 0.3 is 18.0 Å². The predicted octanol–water partition coefficient (Wildman–Crippen LogP) is 4.85. The fourth-order valence-electron chi connectivity index (χ4n) is 5.03. The molecule has 3 aromatic heterocycles. The van der Waals surface area contributed by atoms with Gasteiger partial charge in [-0.2, -0.15) is 0 Å². The highest BCUT2D eigenvalue weighted by atomic mass is 32.1. The fraction of sp³-hybridized carbons (Fsp3) is 0.536. The normalized spacial score (nSPS) is 23.3. The summed E-state index contributed by atoms with van der Waals surface area (Å²) in [5, 5.41) is 6.82. The Labute approximate surface area is 266 Å². The summed E-state index contributed by atoms with van der Waals surface area (Å²) in [6, 6.07) is -1.21. The molecule has 0 saturated carbocycles. The minimum atomic E-state index is -1.12. The Kier molecular flexibility index (Phi) is 8.67. The molecule has 13 nitrogen and oxygen atoms in total. The van der Waals surface area contributed by atoms with E-state index in [0.717, 1.165) is 0 Å². The summed E-state index contributed by atoms with van der Waals surface area (Å²) >= 11 is 3.91. The van der Waals surface area contributed by atoms with Crippen LogP contribution in [0, 0.1) is 0 Å². The molecular weight excluding hydrogens is 629 g/mol. The number of aromatic nitrogens is 3. The van der Waals surface area contributed by atoms with E-state index in [0.29, 0.717) is 39.3 Å². The van der Waals surface area contributed by atoms with E-state index in [2.05, 4.69) is 9.97 Å². The summed E-state index contributed by atoms with van der Waals surface area (Å²) in [5.41, 5.74) is 5.98. The van der Waals surface area contributed by atoms with Crippen LogP contribution < -0.4 is 5.73 Å². The molecule has 44 heavy (non-hydrogen) atoms. The van der Waals surface area contributed by atoms with Gasteiger partial charge in [0.15, 0.2) is 11.4 Å². The molecule has 0 aromatic carbocycles. The number of hydrogen-bond acceptors (Lipinski definition) is 15. The molecule has 0 bridgehead atoms. The predicted molar refractivity (Wildman–Crippen MR) is 164 cm³/mol. The van der Waals surface area contributed by atoms with Crippen LogP contribution in [0.4, 0.5) is 4.79 Å². The van der Waals surface area contributed by atoms with Crippen molar-refractivity contribution in [3.05, 3.63) is 48.2 Å². The summed E-state index contributed by atoms with van der Waals surface area (Å²) in [7, 11) is 2.59. The Morgan fingerprint density at radius 3 is 2.32 bits per heavy atom. The van der Waals surface area contributed by atoms with Crippen LogP contribution in [0.1, 0.15) is 101 Å². The Balaban J connectivity index is 1.55. The van der Waals surface area contributed by atoms with Gasteiger partial charge in [0.1, 0.15) is 38.4 Å². The molecule has 5 rings (SSSR count). The molecule has 1 amide bonds. The number of nitrogens with two attached hydrogens (primary N) is 1. The van der Waals surface area contributed by atoms with Crippen LogP contribution >= 0.6 is 34.0 Å². The lowest BCUT2D eigenvalue weighted by molar-refractivity contribution is -0.0626. The van der Waals surface area contributed by atoms with Gasteiger partial charge in [0, 0.05) is 16.1 Å². The third kappa shape index (κ3) is 6.13. The molecule has 0 radical (unpaired) electrons. The first kappa shape index (κ1) is 32.1. The second kappa shape index (κ2) is 11.9. The Morgan fingerprint density at radius 1 is 1.00 bits per heavy atom. The highest BCUT2D eigenvalue weighted by Crippen LogP contribution is 2.46. The SMILES string of the molecule is COC(=O)c1csc(C2=N[C@@H](c3csc([C@@H]4COC(C)(C)N4C(=O)OC(C)(C)C)n3)[C@](N)(c3nc(C(=O)OC)cs3)CC2)n1. The van der Waals surface area contributed by atoms with E-state index in [1.165, 1.54) is 48.2 Å². The average Bonchev–Trinajstić information content (AvgIpc) is 3.77. The number of nitrogens with zero attached hydrogens (tertiary/aromatic N) is 5. The molecule has 0 aliphatic carbocycles. The Hall–Kier alpha value is -3.31. The summed E-state index contributed by atoms with van der Waals surface area (Å²) in [6.45, 7) is 9.29. The maximum Gasteiger partial charge on any atom is 0.413 e. The van der Waals surface area contributed by atoms with E-state index in [1.54, 1.807) is 15.7 Å². The molecule has 1 fully saturated rings. The number of carbonyl (C=O) groups excluding carboxylic acids is 3. The van der Waals surface area contributed by atoms with Gasteiger partial charge in [-0.3, -0.25) is 9.89 Å². The standard InChI is InChI=1S/C28H34N6O7S3/c1-26(2,3)41-25(37)34-18(10-40-27(34,4)5)21-31-15(11-43-21)19-28(29,24-33-17(13-44-24)23(36)39-7)9-8-14(30-19)20-32-16(12-42-20)22(35)38-6/h11-13,18-19H,8-10,29H2,1-7H3/t18-,19-,28-/m0/s1. The highest BCUT2D eigenvalue weighted by Gasteiger charge is 2.49. The molecule has 236 valence electrons. The smallest absolute Gasteiger partial charge is 0.413 e. The Morgan fingerprint density at radius 2 is 1.66 bits per heavy atom. The van der Waals surface area contributed by atoms with Gasteiger partial charge in [-0.25, -0.2) is 29.3 Å². The maximum absolute atomic E-state index is 13.3. The van der Waals surface area contributed by atoms with Crippen molar-refractivity contribution in [3.63, 3.8) is 0 Å².